The molecule has 152 valence electrons. The van der Waals surface area contributed by atoms with E-state index >= 15 is 0 Å². The Labute approximate surface area is 179 Å². The summed E-state index contributed by atoms with van der Waals surface area (Å²) in [7, 11) is 0. The second-order valence-corrected chi connectivity index (χ2v) is 8.48. The molecule has 0 unspecified atom stereocenters. The number of benzene rings is 3. The quantitative estimate of drug-likeness (QED) is 0.601. The van der Waals surface area contributed by atoms with Gasteiger partial charge in [-0.3, -0.25) is 9.59 Å². The molecule has 2 bridgehead atoms. The maximum Gasteiger partial charge on any atom is 0.363 e. The van der Waals surface area contributed by atoms with Gasteiger partial charge in [0.15, 0.2) is 0 Å². The third-order valence-electron chi connectivity index (χ3n) is 6.84. The third kappa shape index (κ3) is 2.40. The number of hydrogen-bond acceptors (Lipinski definition) is 4. The van der Waals surface area contributed by atoms with Crippen LogP contribution in [0.25, 0.3) is 0 Å². The predicted octanol–water partition coefficient (Wildman–Crippen LogP) is 3.96. The minimum absolute atomic E-state index is 0.221. The highest BCUT2D eigenvalue weighted by Gasteiger charge is 2.62. The number of aryl methyl sites for hydroxylation is 1. The lowest BCUT2D eigenvalue weighted by molar-refractivity contribution is -0.174. The summed E-state index contributed by atoms with van der Waals surface area (Å²) in [6.45, 7) is 1.86. The minimum Gasteiger partial charge on any atom is -0.325 e. The Bertz CT molecular complexity index is 1160. The van der Waals surface area contributed by atoms with Gasteiger partial charge in [-0.15, -0.1) is 5.06 Å². The van der Waals surface area contributed by atoms with Gasteiger partial charge >= 0.3 is 5.97 Å². The van der Waals surface area contributed by atoms with Crippen LogP contribution in [-0.2, 0) is 14.4 Å². The molecule has 0 radical (unpaired) electrons. The number of carbonyl (C=O) groups excluding carboxylic acids is 3. The van der Waals surface area contributed by atoms with Crippen LogP contribution in [0.5, 0.6) is 0 Å². The first-order chi connectivity index (χ1) is 15.1. The molecule has 31 heavy (non-hydrogen) atoms. The zero-order valence-electron chi connectivity index (χ0n) is 16.8. The van der Waals surface area contributed by atoms with Crippen molar-refractivity contribution in [1.82, 2.24) is 5.06 Å². The molecule has 5 heteroatoms. The molecule has 4 aliphatic rings. The molecule has 0 N–H and O–H groups in total. The molecular weight excluding hydrogens is 390 g/mol. The van der Waals surface area contributed by atoms with Gasteiger partial charge in [0.2, 0.25) is 0 Å². The van der Waals surface area contributed by atoms with E-state index in [0.29, 0.717) is 5.56 Å². The van der Waals surface area contributed by atoms with Crippen molar-refractivity contribution < 1.29 is 19.2 Å². The normalized spacial score (nSPS) is 25.1. The van der Waals surface area contributed by atoms with E-state index in [-0.39, 0.29) is 11.8 Å². The summed E-state index contributed by atoms with van der Waals surface area (Å²) in [6.07, 6.45) is 0. The number of hydrogen-bond donors (Lipinski definition) is 0. The first-order valence-electron chi connectivity index (χ1n) is 10.4. The molecule has 3 aromatic carbocycles. The Morgan fingerprint density at radius 1 is 0.742 bits per heavy atom. The highest BCUT2D eigenvalue weighted by molar-refractivity contribution is 6.08. The predicted molar refractivity (Wildman–Crippen MR) is 112 cm³/mol. The number of imide groups is 1. The SMILES string of the molecule is Cc1cccc(C(=O)ON2C(=O)[C@@H]3C4c5ccccc5C(c5ccccc54)[C@H]3C2=O)c1. The molecule has 7 rings (SSSR count). The molecule has 2 atom stereocenters. The van der Waals surface area contributed by atoms with Gasteiger partial charge in [0.05, 0.1) is 17.4 Å². The maximum atomic E-state index is 13.4. The second kappa shape index (κ2) is 6.38. The van der Waals surface area contributed by atoms with E-state index in [1.807, 2.05) is 61.5 Å². The first kappa shape index (κ1) is 18.1. The summed E-state index contributed by atoms with van der Waals surface area (Å²) >= 11 is 0. The van der Waals surface area contributed by atoms with Gasteiger partial charge in [-0.1, -0.05) is 66.2 Å². The molecule has 2 amide bonds. The lowest BCUT2D eigenvalue weighted by Crippen LogP contribution is -2.41. The van der Waals surface area contributed by atoms with E-state index in [2.05, 4.69) is 0 Å². The zero-order chi connectivity index (χ0) is 21.3. The van der Waals surface area contributed by atoms with E-state index in [0.717, 1.165) is 32.9 Å². The monoisotopic (exact) mass is 409 g/mol. The van der Waals surface area contributed by atoms with Crippen LogP contribution in [0.2, 0.25) is 0 Å². The van der Waals surface area contributed by atoms with Crippen molar-refractivity contribution in [2.75, 3.05) is 0 Å². The van der Waals surface area contributed by atoms with E-state index in [4.69, 9.17) is 4.84 Å². The molecule has 5 nitrogen and oxygen atoms in total. The van der Waals surface area contributed by atoms with Crippen molar-refractivity contribution in [3.63, 3.8) is 0 Å². The minimum atomic E-state index is -0.702. The number of nitrogens with zero attached hydrogens (tertiary/aromatic N) is 1. The number of amides is 2. The van der Waals surface area contributed by atoms with Gasteiger partial charge < -0.3 is 4.84 Å². The van der Waals surface area contributed by atoms with Gasteiger partial charge in [0, 0.05) is 11.8 Å². The van der Waals surface area contributed by atoms with Crippen LogP contribution in [0.3, 0.4) is 0 Å². The number of rotatable bonds is 2. The Hall–Kier alpha value is -3.73. The van der Waals surface area contributed by atoms with Crippen LogP contribution >= 0.6 is 0 Å². The van der Waals surface area contributed by atoms with Crippen molar-refractivity contribution in [1.29, 1.82) is 0 Å². The molecule has 1 aliphatic heterocycles. The third-order valence-corrected chi connectivity index (χ3v) is 6.84. The largest absolute Gasteiger partial charge is 0.363 e. The van der Waals surface area contributed by atoms with Gasteiger partial charge in [-0.05, 0) is 41.3 Å². The summed E-state index contributed by atoms with van der Waals surface area (Å²) in [5.74, 6) is -3.14. The van der Waals surface area contributed by atoms with Crippen LogP contribution in [0, 0.1) is 18.8 Å². The lowest BCUT2D eigenvalue weighted by atomic mass is 9.55. The molecule has 1 fully saturated rings. The van der Waals surface area contributed by atoms with Crippen molar-refractivity contribution in [3.05, 3.63) is 106 Å². The van der Waals surface area contributed by atoms with Crippen molar-refractivity contribution in [2.45, 2.75) is 18.8 Å². The average molecular weight is 409 g/mol. The van der Waals surface area contributed by atoms with E-state index in [1.54, 1.807) is 18.2 Å². The van der Waals surface area contributed by atoms with Crippen LogP contribution in [-0.4, -0.2) is 22.8 Å². The smallest absolute Gasteiger partial charge is 0.325 e. The van der Waals surface area contributed by atoms with Crippen molar-refractivity contribution in [3.8, 4) is 0 Å². The highest BCUT2D eigenvalue weighted by Crippen LogP contribution is 2.60. The summed E-state index contributed by atoms with van der Waals surface area (Å²) in [5, 5.41) is 0.720. The molecule has 1 heterocycles. The van der Waals surface area contributed by atoms with E-state index < -0.39 is 29.6 Å². The van der Waals surface area contributed by atoms with Crippen molar-refractivity contribution in [2.24, 2.45) is 11.8 Å². The van der Waals surface area contributed by atoms with Gasteiger partial charge in [0.25, 0.3) is 11.8 Å². The molecule has 0 aromatic heterocycles. The fourth-order valence-electron chi connectivity index (χ4n) is 5.65. The van der Waals surface area contributed by atoms with Gasteiger partial charge in [-0.2, -0.15) is 0 Å². The highest BCUT2D eigenvalue weighted by atomic mass is 16.7. The van der Waals surface area contributed by atoms with Crippen molar-refractivity contribution >= 4 is 17.8 Å². The first-order valence-corrected chi connectivity index (χ1v) is 10.4. The molecule has 1 saturated heterocycles. The van der Waals surface area contributed by atoms with Crippen LogP contribution in [0.15, 0.2) is 72.8 Å². The number of hydroxylamine groups is 2. The number of carbonyl (C=O) groups is 3. The van der Waals surface area contributed by atoms with Crippen LogP contribution in [0.1, 0.15) is 50.0 Å². The van der Waals surface area contributed by atoms with Gasteiger partial charge in [-0.25, -0.2) is 4.79 Å². The summed E-state index contributed by atoms with van der Waals surface area (Å²) in [4.78, 5) is 44.9. The fraction of sp³-hybridized carbons (Fsp3) is 0.192. The Morgan fingerprint density at radius 3 is 1.68 bits per heavy atom. The summed E-state index contributed by atoms with van der Waals surface area (Å²) in [6, 6.07) is 22.9. The Kier molecular flexibility index (Phi) is 3.72. The Morgan fingerprint density at radius 2 is 1.23 bits per heavy atom. The Balaban J connectivity index is 1.42. The molecular formula is C26H19NO4. The second-order valence-electron chi connectivity index (χ2n) is 8.48. The zero-order valence-corrected chi connectivity index (χ0v) is 16.8. The average Bonchev–Trinajstić information content (AvgIpc) is 3.04. The topological polar surface area (TPSA) is 63.7 Å². The van der Waals surface area contributed by atoms with Crippen LogP contribution < -0.4 is 0 Å². The molecule has 0 spiro atoms. The standard InChI is InChI=1S/C26H19NO4/c1-14-7-6-8-15(13-14)26(30)31-27-24(28)22-20-16-9-2-3-10-17(16)21(23(22)25(27)29)19-12-5-4-11-18(19)20/h2-13,20-23H,1H3/t20?,21?,22-,23-/m1/s1. The molecule has 3 aromatic rings. The molecule has 0 saturated carbocycles. The van der Waals surface area contributed by atoms with Gasteiger partial charge in [0.1, 0.15) is 0 Å². The van der Waals surface area contributed by atoms with Crippen LogP contribution in [0.4, 0.5) is 0 Å². The van der Waals surface area contributed by atoms with E-state index in [1.165, 1.54) is 0 Å². The maximum absolute atomic E-state index is 13.4. The fourth-order valence-corrected chi connectivity index (χ4v) is 5.65. The summed E-state index contributed by atoms with van der Waals surface area (Å²) in [5.41, 5.74) is 5.54. The van der Waals surface area contributed by atoms with E-state index in [9.17, 15) is 14.4 Å². The molecule has 3 aliphatic carbocycles. The lowest BCUT2D eigenvalue weighted by Gasteiger charge is -2.45. The summed E-state index contributed by atoms with van der Waals surface area (Å²) < 4.78 is 0.